The van der Waals surface area contributed by atoms with E-state index in [1.165, 1.54) is 0 Å². The molecule has 1 heterocycles. The summed E-state index contributed by atoms with van der Waals surface area (Å²) in [5.41, 5.74) is 0. The maximum absolute atomic E-state index is 11.9. The first-order chi connectivity index (χ1) is 8.17. The van der Waals surface area contributed by atoms with Crippen LogP contribution in [0.2, 0.25) is 0 Å². The van der Waals surface area contributed by atoms with Crippen LogP contribution in [0, 0.1) is 5.92 Å². The number of carbonyl (C=O) groups excluding carboxylic acids is 1. The van der Waals surface area contributed by atoms with Gasteiger partial charge in [-0.05, 0) is 32.1 Å². The van der Waals surface area contributed by atoms with E-state index in [2.05, 4.69) is 5.32 Å². The van der Waals surface area contributed by atoms with Crippen LogP contribution in [0.15, 0.2) is 0 Å². The van der Waals surface area contributed by atoms with Crippen molar-refractivity contribution in [3.63, 3.8) is 0 Å². The third-order valence-corrected chi connectivity index (χ3v) is 3.19. The number of carbonyl (C=O) groups is 1. The summed E-state index contributed by atoms with van der Waals surface area (Å²) in [6.07, 6.45) is 2.81. The van der Waals surface area contributed by atoms with Gasteiger partial charge in [-0.15, -0.1) is 0 Å². The van der Waals surface area contributed by atoms with Crippen molar-refractivity contribution in [2.75, 3.05) is 33.4 Å². The van der Waals surface area contributed by atoms with E-state index in [9.17, 15) is 4.79 Å². The number of rotatable bonds is 5. The van der Waals surface area contributed by atoms with Gasteiger partial charge in [0.25, 0.3) is 0 Å². The van der Waals surface area contributed by atoms with Crippen molar-refractivity contribution in [3.8, 4) is 0 Å². The van der Waals surface area contributed by atoms with Crippen molar-refractivity contribution < 1.29 is 14.6 Å². The Hall–Kier alpha value is -0.810. The van der Waals surface area contributed by atoms with Crippen molar-refractivity contribution in [2.45, 2.75) is 32.2 Å². The number of piperidine rings is 1. The van der Waals surface area contributed by atoms with Gasteiger partial charge in [-0.2, -0.15) is 0 Å². The maximum atomic E-state index is 11.9. The van der Waals surface area contributed by atoms with Gasteiger partial charge >= 0.3 is 6.03 Å². The van der Waals surface area contributed by atoms with Gasteiger partial charge in [-0.25, -0.2) is 4.79 Å². The molecule has 2 unspecified atom stereocenters. The number of methoxy groups -OCH3 is 1. The second-order valence-electron chi connectivity index (χ2n) is 4.77. The van der Waals surface area contributed by atoms with Gasteiger partial charge in [0.2, 0.25) is 0 Å². The molecule has 0 saturated carbocycles. The lowest BCUT2D eigenvalue weighted by molar-refractivity contribution is 0.126. The Kier molecular flexibility index (Phi) is 6.29. The summed E-state index contributed by atoms with van der Waals surface area (Å²) in [6.45, 7) is 4.26. The van der Waals surface area contributed by atoms with E-state index in [1.54, 1.807) is 12.0 Å². The molecule has 5 heteroatoms. The van der Waals surface area contributed by atoms with E-state index >= 15 is 0 Å². The highest BCUT2D eigenvalue weighted by molar-refractivity contribution is 5.74. The van der Waals surface area contributed by atoms with Gasteiger partial charge in [-0.1, -0.05) is 0 Å². The molecule has 0 aromatic carbocycles. The summed E-state index contributed by atoms with van der Waals surface area (Å²) >= 11 is 0. The van der Waals surface area contributed by atoms with Crippen LogP contribution in [0.3, 0.4) is 0 Å². The highest BCUT2D eigenvalue weighted by Crippen LogP contribution is 2.15. The lowest BCUT2D eigenvalue weighted by atomic mass is 9.99. The first kappa shape index (κ1) is 14.3. The molecule has 1 aliphatic rings. The van der Waals surface area contributed by atoms with Crippen LogP contribution in [0.25, 0.3) is 0 Å². The highest BCUT2D eigenvalue weighted by Gasteiger charge is 2.23. The van der Waals surface area contributed by atoms with Crippen LogP contribution in [-0.4, -0.2) is 55.5 Å². The molecule has 5 nitrogen and oxygen atoms in total. The molecule has 1 aliphatic heterocycles. The molecule has 0 spiro atoms. The van der Waals surface area contributed by atoms with Crippen molar-refractivity contribution in [3.05, 3.63) is 0 Å². The van der Waals surface area contributed by atoms with E-state index in [1.807, 2.05) is 6.92 Å². The molecule has 0 bridgehead atoms. The molecule has 0 aromatic rings. The number of nitrogens with one attached hydrogen (secondary N) is 1. The van der Waals surface area contributed by atoms with Crippen LogP contribution < -0.4 is 5.32 Å². The van der Waals surface area contributed by atoms with Crippen molar-refractivity contribution in [1.82, 2.24) is 10.2 Å². The maximum Gasteiger partial charge on any atom is 0.317 e. The lowest BCUT2D eigenvalue weighted by Crippen LogP contribution is -2.48. The number of aliphatic hydroxyl groups is 1. The third kappa shape index (κ3) is 4.91. The number of nitrogens with zero attached hydrogens (tertiary/aromatic N) is 1. The Balaban J connectivity index is 2.31. The zero-order chi connectivity index (χ0) is 12.7. The molecular weight excluding hydrogens is 220 g/mol. The van der Waals surface area contributed by atoms with Crippen molar-refractivity contribution in [2.24, 2.45) is 5.92 Å². The summed E-state index contributed by atoms with van der Waals surface area (Å²) in [6, 6.07) is 0.101. The van der Waals surface area contributed by atoms with Gasteiger partial charge in [0.1, 0.15) is 0 Å². The molecule has 1 saturated heterocycles. The fourth-order valence-electron chi connectivity index (χ4n) is 2.07. The number of amides is 2. The Morgan fingerprint density at radius 1 is 1.65 bits per heavy atom. The van der Waals surface area contributed by atoms with Gasteiger partial charge in [-0.3, -0.25) is 0 Å². The highest BCUT2D eigenvalue weighted by atomic mass is 16.5. The molecule has 100 valence electrons. The number of hydrogen-bond acceptors (Lipinski definition) is 3. The predicted octanol–water partition coefficient (Wildman–Crippen LogP) is 0.825. The summed E-state index contributed by atoms with van der Waals surface area (Å²) in [5, 5.41) is 12.1. The largest absolute Gasteiger partial charge is 0.396 e. The minimum atomic E-state index is -0.0215. The molecule has 2 N–H and O–H groups in total. The molecule has 17 heavy (non-hydrogen) atoms. The quantitative estimate of drug-likeness (QED) is 0.753. The Morgan fingerprint density at radius 3 is 3.06 bits per heavy atom. The molecule has 0 aliphatic carbocycles. The molecule has 2 amide bonds. The van der Waals surface area contributed by atoms with Crippen LogP contribution in [0.4, 0.5) is 4.79 Å². The van der Waals surface area contributed by atoms with E-state index in [0.29, 0.717) is 13.2 Å². The van der Waals surface area contributed by atoms with Crippen LogP contribution >= 0.6 is 0 Å². The van der Waals surface area contributed by atoms with E-state index < -0.39 is 0 Å². The fraction of sp³-hybridized carbons (Fsp3) is 0.917. The minimum Gasteiger partial charge on any atom is -0.396 e. The summed E-state index contributed by atoms with van der Waals surface area (Å²) in [4.78, 5) is 13.7. The number of hydrogen-bond donors (Lipinski definition) is 2. The Labute approximate surface area is 103 Å². The van der Waals surface area contributed by atoms with Crippen LogP contribution in [0.5, 0.6) is 0 Å². The number of ether oxygens (including phenoxy) is 1. The molecular formula is C12H24N2O3. The zero-order valence-electron chi connectivity index (χ0n) is 10.8. The van der Waals surface area contributed by atoms with Gasteiger partial charge in [0, 0.05) is 39.5 Å². The van der Waals surface area contributed by atoms with E-state index in [-0.39, 0.29) is 24.6 Å². The number of urea groups is 1. The van der Waals surface area contributed by atoms with Crippen LogP contribution in [-0.2, 0) is 4.74 Å². The summed E-state index contributed by atoms with van der Waals surface area (Å²) < 4.78 is 4.98. The van der Waals surface area contributed by atoms with Crippen LogP contribution in [0.1, 0.15) is 26.2 Å². The van der Waals surface area contributed by atoms with E-state index in [0.717, 1.165) is 25.8 Å². The SMILES string of the molecule is COCCC(C)NC(=O)N1CCCC(CO)C1. The lowest BCUT2D eigenvalue weighted by Gasteiger charge is -2.32. The summed E-state index contributed by atoms with van der Waals surface area (Å²) in [5.74, 6) is 0.240. The average molecular weight is 244 g/mol. The second-order valence-corrected chi connectivity index (χ2v) is 4.77. The van der Waals surface area contributed by atoms with Gasteiger partial charge < -0.3 is 20.1 Å². The molecule has 0 aromatic heterocycles. The first-order valence-electron chi connectivity index (χ1n) is 6.32. The number of likely N-dealkylation sites (tertiary alicyclic amines) is 1. The number of aliphatic hydroxyl groups excluding tert-OH is 1. The molecule has 2 atom stereocenters. The molecule has 1 fully saturated rings. The zero-order valence-corrected chi connectivity index (χ0v) is 10.8. The topological polar surface area (TPSA) is 61.8 Å². The minimum absolute atomic E-state index is 0.0215. The van der Waals surface area contributed by atoms with Gasteiger partial charge in [0.05, 0.1) is 0 Å². The fourth-order valence-corrected chi connectivity index (χ4v) is 2.07. The normalized spacial score (nSPS) is 22.3. The van der Waals surface area contributed by atoms with Gasteiger partial charge in [0.15, 0.2) is 0 Å². The van der Waals surface area contributed by atoms with E-state index in [4.69, 9.17) is 9.84 Å². The average Bonchev–Trinajstić information content (AvgIpc) is 2.36. The monoisotopic (exact) mass is 244 g/mol. The molecule has 0 radical (unpaired) electrons. The smallest absolute Gasteiger partial charge is 0.317 e. The standard InChI is InChI=1S/C12H24N2O3/c1-10(5-7-17-2)13-12(16)14-6-3-4-11(8-14)9-15/h10-11,15H,3-9H2,1-2H3,(H,13,16). The second kappa shape index (κ2) is 7.50. The van der Waals surface area contributed by atoms with Crippen molar-refractivity contribution >= 4 is 6.03 Å². The Bertz CT molecular complexity index is 236. The molecule has 1 rings (SSSR count). The first-order valence-corrected chi connectivity index (χ1v) is 6.32. The Morgan fingerprint density at radius 2 is 2.41 bits per heavy atom. The third-order valence-electron chi connectivity index (χ3n) is 3.19. The van der Waals surface area contributed by atoms with Crippen molar-refractivity contribution in [1.29, 1.82) is 0 Å². The predicted molar refractivity (Wildman–Crippen MR) is 65.9 cm³/mol. The summed E-state index contributed by atoms with van der Waals surface area (Å²) in [7, 11) is 1.66.